The maximum atomic E-state index is 10.1. The molecule has 1 rings (SSSR count). The Labute approximate surface area is 116 Å². The van der Waals surface area contributed by atoms with Crippen molar-refractivity contribution in [3.63, 3.8) is 0 Å². The van der Waals surface area contributed by atoms with Gasteiger partial charge in [0.15, 0.2) is 11.5 Å². The van der Waals surface area contributed by atoms with Crippen LogP contribution in [0.25, 0.3) is 0 Å². The molecule has 108 valence electrons. The highest BCUT2D eigenvalue weighted by atomic mass is 16.5. The lowest BCUT2D eigenvalue weighted by Gasteiger charge is -2.17. The van der Waals surface area contributed by atoms with E-state index in [0.29, 0.717) is 24.9 Å². The Morgan fingerprint density at radius 3 is 2.74 bits per heavy atom. The Bertz CT molecular complexity index is 380. The van der Waals surface area contributed by atoms with Gasteiger partial charge in [-0.3, -0.25) is 0 Å². The van der Waals surface area contributed by atoms with Crippen LogP contribution >= 0.6 is 0 Å². The second-order valence-corrected chi connectivity index (χ2v) is 5.07. The van der Waals surface area contributed by atoms with E-state index < -0.39 is 0 Å². The van der Waals surface area contributed by atoms with Crippen molar-refractivity contribution in [3.8, 4) is 11.5 Å². The van der Waals surface area contributed by atoms with Crippen molar-refractivity contribution >= 4 is 0 Å². The third-order valence-electron chi connectivity index (χ3n) is 3.03. The molecule has 1 aromatic carbocycles. The highest BCUT2D eigenvalue weighted by Crippen LogP contribution is 2.29. The molecule has 0 fully saturated rings. The molecule has 0 amide bonds. The van der Waals surface area contributed by atoms with E-state index in [9.17, 15) is 5.11 Å². The summed E-state index contributed by atoms with van der Waals surface area (Å²) in [6, 6.07) is 6.03. The molecule has 1 aromatic rings. The van der Waals surface area contributed by atoms with Crippen molar-refractivity contribution in [1.29, 1.82) is 0 Å². The molecule has 0 aromatic heterocycles. The molecule has 0 heterocycles. The number of para-hydroxylation sites is 1. The number of hydrogen-bond donors (Lipinski definition) is 2. The lowest BCUT2D eigenvalue weighted by molar-refractivity contribution is 0.315. The number of phenolic OH excluding ortho intramolecular Hbond substituents is 1. The largest absolute Gasteiger partial charge is 0.504 e. The molecule has 0 aliphatic carbocycles. The third-order valence-corrected chi connectivity index (χ3v) is 3.03. The van der Waals surface area contributed by atoms with Crippen LogP contribution in [0.2, 0.25) is 0 Å². The van der Waals surface area contributed by atoms with Gasteiger partial charge in [-0.2, -0.15) is 0 Å². The molecule has 0 radical (unpaired) electrons. The summed E-state index contributed by atoms with van der Waals surface area (Å²) in [6.45, 7) is 6.34. The smallest absolute Gasteiger partial charge is 0.162 e. The fourth-order valence-electron chi connectivity index (χ4n) is 1.82. The molecule has 19 heavy (non-hydrogen) atoms. The second-order valence-electron chi connectivity index (χ2n) is 5.07. The maximum absolute atomic E-state index is 10.1. The van der Waals surface area contributed by atoms with Crippen molar-refractivity contribution < 1.29 is 9.84 Å². The Kier molecular flexibility index (Phi) is 6.67. The van der Waals surface area contributed by atoms with Gasteiger partial charge < -0.3 is 20.1 Å². The van der Waals surface area contributed by atoms with E-state index >= 15 is 0 Å². The minimum absolute atomic E-state index is 0.247. The van der Waals surface area contributed by atoms with Gasteiger partial charge >= 0.3 is 0 Å². The predicted molar refractivity (Wildman–Crippen MR) is 78.7 cm³/mol. The van der Waals surface area contributed by atoms with Crippen LogP contribution in [0.3, 0.4) is 0 Å². The van der Waals surface area contributed by atoms with E-state index in [1.54, 1.807) is 6.07 Å². The average molecular weight is 266 g/mol. The number of nitrogens with zero attached hydrogens (tertiary/aromatic N) is 1. The van der Waals surface area contributed by atoms with E-state index in [4.69, 9.17) is 4.74 Å². The molecule has 2 N–H and O–H groups in total. The summed E-state index contributed by atoms with van der Waals surface area (Å²) in [7, 11) is 4.15. The number of ether oxygens (including phenoxy) is 1. The first-order chi connectivity index (χ1) is 9.04. The van der Waals surface area contributed by atoms with Gasteiger partial charge in [-0.05, 0) is 47.0 Å². The molecule has 0 saturated heterocycles. The first-order valence-corrected chi connectivity index (χ1v) is 6.86. The molecule has 0 spiro atoms. The normalized spacial score (nSPS) is 12.7. The zero-order valence-corrected chi connectivity index (χ0v) is 12.4. The topological polar surface area (TPSA) is 44.7 Å². The molecular weight excluding hydrogens is 240 g/mol. The quantitative estimate of drug-likeness (QED) is 0.757. The average Bonchev–Trinajstić information content (AvgIpc) is 2.37. The second kappa shape index (κ2) is 8.02. The molecule has 0 bridgehead atoms. The van der Waals surface area contributed by atoms with Gasteiger partial charge in [0.25, 0.3) is 0 Å². The zero-order valence-electron chi connectivity index (χ0n) is 12.4. The van der Waals surface area contributed by atoms with Gasteiger partial charge in [-0.15, -0.1) is 0 Å². The van der Waals surface area contributed by atoms with Gasteiger partial charge in [0.1, 0.15) is 0 Å². The van der Waals surface area contributed by atoms with E-state index in [2.05, 4.69) is 31.2 Å². The summed E-state index contributed by atoms with van der Waals surface area (Å²) in [5, 5.41) is 13.5. The number of benzene rings is 1. The lowest BCUT2D eigenvalue weighted by atomic mass is 10.1. The van der Waals surface area contributed by atoms with Gasteiger partial charge in [0.05, 0.1) is 6.61 Å². The van der Waals surface area contributed by atoms with Gasteiger partial charge in [0.2, 0.25) is 0 Å². The van der Waals surface area contributed by atoms with Crippen molar-refractivity contribution in [1.82, 2.24) is 10.2 Å². The number of phenols is 1. The molecular formula is C15H26N2O2. The molecule has 1 unspecified atom stereocenters. The SMILES string of the molecule is CCOc1cccc(CNC(C)CCN(C)C)c1O. The summed E-state index contributed by atoms with van der Waals surface area (Å²) in [5.41, 5.74) is 0.877. The summed E-state index contributed by atoms with van der Waals surface area (Å²) >= 11 is 0. The fraction of sp³-hybridized carbons (Fsp3) is 0.600. The monoisotopic (exact) mass is 266 g/mol. The van der Waals surface area contributed by atoms with Crippen molar-refractivity contribution in [2.45, 2.75) is 32.9 Å². The number of aromatic hydroxyl groups is 1. The highest BCUT2D eigenvalue weighted by Gasteiger charge is 2.09. The maximum Gasteiger partial charge on any atom is 0.162 e. The minimum Gasteiger partial charge on any atom is -0.504 e. The van der Waals surface area contributed by atoms with Crippen molar-refractivity contribution in [2.24, 2.45) is 0 Å². The Hall–Kier alpha value is -1.26. The first kappa shape index (κ1) is 15.8. The number of rotatable bonds is 8. The number of hydrogen-bond acceptors (Lipinski definition) is 4. The standard InChI is InChI=1S/C15H26N2O2/c1-5-19-14-8-6-7-13(15(14)18)11-16-12(2)9-10-17(3)4/h6-8,12,16,18H,5,9-11H2,1-4H3. The van der Waals surface area contributed by atoms with Crippen molar-refractivity contribution in [3.05, 3.63) is 23.8 Å². The van der Waals surface area contributed by atoms with Crippen LogP contribution in [-0.4, -0.2) is 43.3 Å². The summed E-state index contributed by atoms with van der Waals surface area (Å²) < 4.78 is 5.38. The molecule has 1 atom stereocenters. The molecule has 0 aliphatic heterocycles. The van der Waals surface area contributed by atoms with Crippen LogP contribution in [0.4, 0.5) is 0 Å². The third kappa shape index (κ3) is 5.49. The summed E-state index contributed by atoms with van der Waals surface area (Å²) in [4.78, 5) is 2.17. The summed E-state index contributed by atoms with van der Waals surface area (Å²) in [5.74, 6) is 0.805. The first-order valence-electron chi connectivity index (χ1n) is 6.86. The summed E-state index contributed by atoms with van der Waals surface area (Å²) in [6.07, 6.45) is 1.08. The van der Waals surface area contributed by atoms with E-state index in [-0.39, 0.29) is 5.75 Å². The van der Waals surface area contributed by atoms with Crippen LogP contribution in [0, 0.1) is 0 Å². The van der Waals surface area contributed by atoms with Gasteiger partial charge in [-0.25, -0.2) is 0 Å². The minimum atomic E-state index is 0.247. The number of nitrogens with one attached hydrogen (secondary N) is 1. The fourth-order valence-corrected chi connectivity index (χ4v) is 1.82. The van der Waals surface area contributed by atoms with E-state index in [1.165, 1.54) is 0 Å². The van der Waals surface area contributed by atoms with Crippen LogP contribution in [0.1, 0.15) is 25.8 Å². The van der Waals surface area contributed by atoms with Crippen LogP contribution < -0.4 is 10.1 Å². The molecule has 4 nitrogen and oxygen atoms in total. The van der Waals surface area contributed by atoms with Gasteiger partial charge in [0, 0.05) is 18.2 Å². The zero-order chi connectivity index (χ0) is 14.3. The predicted octanol–water partition coefficient (Wildman–Crippen LogP) is 2.22. The Balaban J connectivity index is 2.50. The highest BCUT2D eigenvalue weighted by molar-refractivity contribution is 5.45. The van der Waals surface area contributed by atoms with Crippen LogP contribution in [0.15, 0.2) is 18.2 Å². The lowest BCUT2D eigenvalue weighted by Crippen LogP contribution is -2.29. The molecule has 0 aliphatic rings. The van der Waals surface area contributed by atoms with E-state index in [0.717, 1.165) is 18.5 Å². The van der Waals surface area contributed by atoms with Crippen LogP contribution in [-0.2, 0) is 6.54 Å². The molecule has 4 heteroatoms. The Morgan fingerprint density at radius 2 is 2.11 bits per heavy atom. The molecule has 0 saturated carbocycles. The van der Waals surface area contributed by atoms with Crippen LogP contribution in [0.5, 0.6) is 11.5 Å². The Morgan fingerprint density at radius 1 is 1.37 bits per heavy atom. The van der Waals surface area contributed by atoms with E-state index in [1.807, 2.05) is 19.1 Å². The van der Waals surface area contributed by atoms with Crippen molar-refractivity contribution in [2.75, 3.05) is 27.2 Å². The van der Waals surface area contributed by atoms with Gasteiger partial charge in [-0.1, -0.05) is 12.1 Å².